The topological polar surface area (TPSA) is 78.5 Å². The fraction of sp³-hybridized carbons (Fsp3) is 0.188. The number of hydrogen-bond acceptors (Lipinski definition) is 5. The summed E-state index contributed by atoms with van der Waals surface area (Å²) in [5.41, 5.74) is 3.02. The molecule has 21 heavy (non-hydrogen) atoms. The molecule has 0 amide bonds. The smallest absolute Gasteiger partial charge is 0.192 e. The Hall–Kier alpha value is -2.69. The summed E-state index contributed by atoms with van der Waals surface area (Å²) in [4.78, 5) is 4.29. The van der Waals surface area contributed by atoms with Crippen LogP contribution in [0, 0.1) is 6.92 Å². The largest absolute Gasteiger partial charge is 0.508 e. The van der Waals surface area contributed by atoms with Crippen molar-refractivity contribution >= 4 is 16.8 Å². The van der Waals surface area contributed by atoms with Crippen LogP contribution in [-0.4, -0.2) is 15.2 Å². The number of oxazole rings is 1. The molecule has 0 saturated heterocycles. The van der Waals surface area contributed by atoms with Crippen molar-refractivity contribution in [3.8, 4) is 11.5 Å². The van der Waals surface area contributed by atoms with Crippen LogP contribution in [0.25, 0.3) is 11.1 Å². The highest BCUT2D eigenvalue weighted by Gasteiger charge is 2.12. The Kier molecular flexibility index (Phi) is 3.17. The molecule has 0 bridgehead atoms. The summed E-state index contributed by atoms with van der Waals surface area (Å²) < 4.78 is 5.44. The third-order valence-electron chi connectivity index (χ3n) is 3.36. The number of nitrogens with one attached hydrogen (secondary N) is 1. The summed E-state index contributed by atoms with van der Waals surface area (Å²) >= 11 is 0. The van der Waals surface area contributed by atoms with Gasteiger partial charge in [0.1, 0.15) is 17.0 Å². The fourth-order valence-electron chi connectivity index (χ4n) is 2.35. The van der Waals surface area contributed by atoms with E-state index < -0.39 is 0 Å². The predicted molar refractivity (Wildman–Crippen MR) is 80.6 cm³/mol. The zero-order valence-corrected chi connectivity index (χ0v) is 11.8. The molecule has 5 heteroatoms. The average molecular weight is 284 g/mol. The molecule has 0 spiro atoms. The van der Waals surface area contributed by atoms with Crippen molar-refractivity contribution in [1.29, 1.82) is 0 Å². The molecule has 1 heterocycles. The van der Waals surface area contributed by atoms with E-state index in [2.05, 4.69) is 10.3 Å². The van der Waals surface area contributed by atoms with E-state index in [4.69, 9.17) is 4.42 Å². The lowest BCUT2D eigenvalue weighted by Crippen LogP contribution is -2.06. The van der Waals surface area contributed by atoms with Gasteiger partial charge in [-0.25, -0.2) is 4.98 Å². The standard InChI is InChI=1S/C16H16N2O3/c1-9(13-8-12(19)4-5-15(13)20)17-11-3-6-16-14(7-11)18-10(2)21-16/h3-9,17,19-20H,1-2H3. The second-order valence-corrected chi connectivity index (χ2v) is 5.02. The van der Waals surface area contributed by atoms with Gasteiger partial charge in [-0.3, -0.25) is 0 Å². The first-order chi connectivity index (χ1) is 10.0. The third-order valence-corrected chi connectivity index (χ3v) is 3.36. The van der Waals surface area contributed by atoms with Gasteiger partial charge in [0.2, 0.25) is 0 Å². The van der Waals surface area contributed by atoms with E-state index in [0.29, 0.717) is 11.5 Å². The van der Waals surface area contributed by atoms with Crippen molar-refractivity contribution < 1.29 is 14.6 Å². The van der Waals surface area contributed by atoms with Crippen LogP contribution in [0.15, 0.2) is 40.8 Å². The number of phenolic OH excluding ortho intramolecular Hbond substituents is 2. The van der Waals surface area contributed by atoms with Crippen LogP contribution in [0.4, 0.5) is 5.69 Å². The Labute approximate surface area is 121 Å². The lowest BCUT2D eigenvalue weighted by molar-refractivity contribution is 0.451. The minimum absolute atomic E-state index is 0.124. The Balaban J connectivity index is 1.88. The summed E-state index contributed by atoms with van der Waals surface area (Å²) in [5.74, 6) is 0.894. The first kappa shape index (κ1) is 13.3. The molecule has 108 valence electrons. The minimum atomic E-state index is -0.164. The molecule has 3 aromatic rings. The van der Waals surface area contributed by atoms with Crippen molar-refractivity contribution in [2.45, 2.75) is 19.9 Å². The molecular formula is C16H16N2O3. The average Bonchev–Trinajstić information content (AvgIpc) is 2.80. The number of benzene rings is 2. The molecular weight excluding hydrogens is 268 g/mol. The lowest BCUT2D eigenvalue weighted by atomic mass is 10.1. The van der Waals surface area contributed by atoms with Gasteiger partial charge < -0.3 is 19.9 Å². The first-order valence-corrected chi connectivity index (χ1v) is 6.68. The summed E-state index contributed by atoms with van der Waals surface area (Å²) in [7, 11) is 0. The highest BCUT2D eigenvalue weighted by molar-refractivity contribution is 5.77. The molecule has 2 aromatic carbocycles. The zero-order chi connectivity index (χ0) is 15.0. The maximum atomic E-state index is 9.88. The molecule has 0 aliphatic heterocycles. The van der Waals surface area contributed by atoms with Crippen molar-refractivity contribution in [2.24, 2.45) is 0 Å². The van der Waals surface area contributed by atoms with Crippen LogP contribution in [0.1, 0.15) is 24.4 Å². The molecule has 0 aliphatic carbocycles. The normalized spacial score (nSPS) is 12.5. The molecule has 3 rings (SSSR count). The van der Waals surface area contributed by atoms with Gasteiger partial charge in [-0.1, -0.05) is 0 Å². The second kappa shape index (κ2) is 5.01. The van der Waals surface area contributed by atoms with Crippen LogP contribution in [-0.2, 0) is 0 Å². The maximum Gasteiger partial charge on any atom is 0.192 e. The number of rotatable bonds is 3. The summed E-state index contributed by atoms with van der Waals surface area (Å²) in [6.45, 7) is 3.72. The number of anilines is 1. The van der Waals surface area contributed by atoms with Crippen LogP contribution in [0.2, 0.25) is 0 Å². The molecule has 0 aliphatic rings. The Morgan fingerprint density at radius 1 is 1.14 bits per heavy atom. The number of aryl methyl sites for hydroxylation is 1. The van der Waals surface area contributed by atoms with E-state index in [0.717, 1.165) is 16.8 Å². The second-order valence-electron chi connectivity index (χ2n) is 5.02. The van der Waals surface area contributed by atoms with Gasteiger partial charge in [-0.2, -0.15) is 0 Å². The van der Waals surface area contributed by atoms with Crippen molar-refractivity contribution in [3.63, 3.8) is 0 Å². The number of aromatic nitrogens is 1. The molecule has 1 aromatic heterocycles. The number of fused-ring (bicyclic) bond motifs is 1. The van der Waals surface area contributed by atoms with Crippen LogP contribution in [0.3, 0.4) is 0 Å². The van der Waals surface area contributed by atoms with Gasteiger partial charge in [0.15, 0.2) is 11.5 Å². The zero-order valence-electron chi connectivity index (χ0n) is 11.8. The molecule has 1 unspecified atom stereocenters. The maximum absolute atomic E-state index is 9.88. The van der Waals surface area contributed by atoms with E-state index >= 15 is 0 Å². The van der Waals surface area contributed by atoms with Crippen molar-refractivity contribution in [2.75, 3.05) is 5.32 Å². The number of nitrogens with zero attached hydrogens (tertiary/aromatic N) is 1. The SMILES string of the molecule is Cc1nc2cc(NC(C)c3cc(O)ccc3O)ccc2o1. The summed E-state index contributed by atoms with van der Waals surface area (Å²) in [6, 6.07) is 9.95. The van der Waals surface area contributed by atoms with Gasteiger partial charge in [-0.05, 0) is 43.3 Å². The molecule has 1 atom stereocenters. The highest BCUT2D eigenvalue weighted by atomic mass is 16.3. The number of aromatic hydroxyl groups is 2. The summed E-state index contributed by atoms with van der Waals surface area (Å²) in [6.07, 6.45) is 0. The summed E-state index contributed by atoms with van der Waals surface area (Å²) in [5, 5.41) is 22.7. The highest BCUT2D eigenvalue weighted by Crippen LogP contribution is 2.30. The lowest BCUT2D eigenvalue weighted by Gasteiger charge is -2.17. The van der Waals surface area contributed by atoms with Gasteiger partial charge in [0.25, 0.3) is 0 Å². The van der Waals surface area contributed by atoms with Crippen LogP contribution >= 0.6 is 0 Å². The molecule has 0 radical (unpaired) electrons. The monoisotopic (exact) mass is 284 g/mol. The first-order valence-electron chi connectivity index (χ1n) is 6.68. The van der Waals surface area contributed by atoms with E-state index in [1.165, 1.54) is 12.1 Å². The molecule has 3 N–H and O–H groups in total. The van der Waals surface area contributed by atoms with Crippen molar-refractivity contribution in [1.82, 2.24) is 4.98 Å². The van der Waals surface area contributed by atoms with Crippen LogP contribution in [0.5, 0.6) is 11.5 Å². The van der Waals surface area contributed by atoms with E-state index in [1.54, 1.807) is 13.0 Å². The van der Waals surface area contributed by atoms with Crippen molar-refractivity contribution in [3.05, 3.63) is 47.9 Å². The Morgan fingerprint density at radius 2 is 1.95 bits per heavy atom. The third kappa shape index (κ3) is 2.63. The molecule has 5 nitrogen and oxygen atoms in total. The predicted octanol–water partition coefficient (Wildman–Crippen LogP) is 3.72. The Morgan fingerprint density at radius 3 is 2.76 bits per heavy atom. The quantitative estimate of drug-likeness (QED) is 0.639. The van der Waals surface area contributed by atoms with E-state index in [9.17, 15) is 10.2 Å². The van der Waals surface area contributed by atoms with E-state index in [1.807, 2.05) is 25.1 Å². The number of hydrogen-bond donors (Lipinski definition) is 3. The number of phenols is 2. The van der Waals surface area contributed by atoms with Gasteiger partial charge in [-0.15, -0.1) is 0 Å². The van der Waals surface area contributed by atoms with Gasteiger partial charge in [0, 0.05) is 18.2 Å². The van der Waals surface area contributed by atoms with Gasteiger partial charge >= 0.3 is 0 Å². The van der Waals surface area contributed by atoms with Crippen LogP contribution < -0.4 is 5.32 Å². The van der Waals surface area contributed by atoms with E-state index in [-0.39, 0.29) is 17.5 Å². The molecule has 0 fully saturated rings. The molecule has 0 saturated carbocycles. The fourth-order valence-corrected chi connectivity index (χ4v) is 2.35. The van der Waals surface area contributed by atoms with Gasteiger partial charge in [0.05, 0.1) is 6.04 Å². The minimum Gasteiger partial charge on any atom is -0.508 e. The Bertz CT molecular complexity index is 795.